The van der Waals surface area contributed by atoms with Crippen molar-refractivity contribution in [3.63, 3.8) is 0 Å². The maximum absolute atomic E-state index is 13.9. The Labute approximate surface area is 236 Å². The fourth-order valence-corrected chi connectivity index (χ4v) is 5.36. The molecule has 1 atom stereocenters. The number of likely N-dealkylation sites (N-methyl/N-ethyl adjacent to an activating group) is 1. The van der Waals surface area contributed by atoms with E-state index in [4.69, 9.17) is 11.6 Å². The zero-order valence-electron chi connectivity index (χ0n) is 23.0. The second-order valence-corrected chi connectivity index (χ2v) is 12.9. The van der Waals surface area contributed by atoms with Gasteiger partial charge in [0.15, 0.2) is 0 Å². The normalized spacial score (nSPS) is 12.5. The number of sulfonamides is 1. The van der Waals surface area contributed by atoms with Gasteiger partial charge in [0, 0.05) is 25.0 Å². The summed E-state index contributed by atoms with van der Waals surface area (Å²) >= 11 is 6.21. The van der Waals surface area contributed by atoms with Crippen LogP contribution in [0.5, 0.6) is 0 Å². The smallest absolute Gasteiger partial charge is 0.244 e. The highest BCUT2D eigenvalue weighted by Gasteiger charge is 2.32. The lowest BCUT2D eigenvalue weighted by Gasteiger charge is -2.33. The molecule has 0 bridgehead atoms. The number of anilines is 1. The molecule has 0 saturated heterocycles. The van der Waals surface area contributed by atoms with Crippen LogP contribution in [0, 0.1) is 0 Å². The molecule has 3 aromatic rings. The minimum atomic E-state index is -3.82. The Kier molecular flexibility index (Phi) is 9.80. The van der Waals surface area contributed by atoms with Gasteiger partial charge in [0.1, 0.15) is 12.6 Å². The molecule has 0 aliphatic carbocycles. The number of hydrogen-bond acceptors (Lipinski definition) is 4. The summed E-state index contributed by atoms with van der Waals surface area (Å²) in [7, 11) is -2.30. The maximum atomic E-state index is 13.9. The number of benzene rings is 3. The van der Waals surface area contributed by atoms with Crippen LogP contribution in [0.25, 0.3) is 0 Å². The highest BCUT2D eigenvalue weighted by molar-refractivity contribution is 7.92. The Hall–Kier alpha value is -3.36. The van der Waals surface area contributed by atoms with Crippen LogP contribution in [-0.4, -0.2) is 51.0 Å². The number of halogens is 1. The van der Waals surface area contributed by atoms with Crippen LogP contribution >= 0.6 is 11.6 Å². The summed E-state index contributed by atoms with van der Waals surface area (Å²) in [5.74, 6) is -0.862. The molecule has 0 saturated carbocycles. The molecule has 0 aromatic heterocycles. The highest BCUT2D eigenvalue weighted by atomic mass is 35.5. The molecule has 0 spiro atoms. The molecule has 208 valence electrons. The van der Waals surface area contributed by atoms with Gasteiger partial charge < -0.3 is 10.2 Å². The lowest BCUT2D eigenvalue weighted by Crippen LogP contribution is -2.52. The van der Waals surface area contributed by atoms with Crippen molar-refractivity contribution in [1.82, 2.24) is 10.2 Å². The van der Waals surface area contributed by atoms with Crippen LogP contribution in [0.15, 0.2) is 78.9 Å². The van der Waals surface area contributed by atoms with Crippen molar-refractivity contribution in [2.45, 2.75) is 45.2 Å². The molecule has 0 fully saturated rings. The molecule has 39 heavy (non-hydrogen) atoms. The van der Waals surface area contributed by atoms with E-state index in [2.05, 4.69) is 26.1 Å². The minimum absolute atomic E-state index is 0.0743. The second kappa shape index (κ2) is 12.7. The first kappa shape index (κ1) is 30.2. The third kappa shape index (κ3) is 8.31. The first-order valence-electron chi connectivity index (χ1n) is 12.7. The van der Waals surface area contributed by atoms with Gasteiger partial charge in [0.2, 0.25) is 21.8 Å². The number of carbonyl (C=O) groups excluding carboxylic acids is 2. The molecule has 0 aliphatic heterocycles. The molecular formula is C30H36ClN3O4S. The van der Waals surface area contributed by atoms with E-state index in [0.717, 1.165) is 27.3 Å². The Morgan fingerprint density at radius 1 is 0.923 bits per heavy atom. The molecule has 2 amide bonds. The molecule has 0 radical (unpaired) electrons. The third-order valence-electron chi connectivity index (χ3n) is 6.46. The number of nitrogens with zero attached hydrogens (tertiary/aromatic N) is 2. The van der Waals surface area contributed by atoms with Crippen molar-refractivity contribution in [2.24, 2.45) is 0 Å². The first-order chi connectivity index (χ1) is 18.3. The van der Waals surface area contributed by atoms with Gasteiger partial charge in [-0.1, -0.05) is 87.0 Å². The Balaban J connectivity index is 2.02. The molecule has 0 aliphatic rings. The van der Waals surface area contributed by atoms with Crippen molar-refractivity contribution in [2.75, 3.05) is 24.2 Å². The molecule has 7 nitrogen and oxygen atoms in total. The van der Waals surface area contributed by atoms with Gasteiger partial charge in [-0.15, -0.1) is 0 Å². The lowest BCUT2D eigenvalue weighted by atomic mass is 9.87. The van der Waals surface area contributed by atoms with Gasteiger partial charge in [-0.3, -0.25) is 13.9 Å². The van der Waals surface area contributed by atoms with E-state index in [1.54, 1.807) is 30.3 Å². The molecule has 1 unspecified atom stereocenters. The molecular weight excluding hydrogens is 534 g/mol. The molecule has 3 rings (SSSR count). The fraction of sp³-hybridized carbons (Fsp3) is 0.333. The van der Waals surface area contributed by atoms with Gasteiger partial charge in [0.05, 0.1) is 11.9 Å². The molecule has 3 aromatic carbocycles. The van der Waals surface area contributed by atoms with E-state index in [-0.39, 0.29) is 24.3 Å². The van der Waals surface area contributed by atoms with Crippen LogP contribution in [0.3, 0.4) is 0 Å². The zero-order chi connectivity index (χ0) is 28.8. The van der Waals surface area contributed by atoms with Crippen LogP contribution in [-0.2, 0) is 38.0 Å². The third-order valence-corrected chi connectivity index (χ3v) is 7.84. The van der Waals surface area contributed by atoms with Crippen molar-refractivity contribution in [3.8, 4) is 0 Å². The summed E-state index contributed by atoms with van der Waals surface area (Å²) in [5, 5.41) is 3.16. The van der Waals surface area contributed by atoms with Gasteiger partial charge in [-0.25, -0.2) is 8.42 Å². The Bertz CT molecular complexity index is 1390. The average Bonchev–Trinajstić information content (AvgIpc) is 2.88. The Morgan fingerprint density at radius 2 is 1.54 bits per heavy atom. The topological polar surface area (TPSA) is 86.8 Å². The standard InChI is InChI=1S/C30H36ClN3O4S/c1-30(2,3)24-14-16-26(17-15-24)34(39(5,37)38)21-28(35)33(20-23-12-9-13-25(31)18-23)27(29(36)32-4)19-22-10-7-6-8-11-22/h6-18,27H,19-21H2,1-5H3,(H,32,36). The second-order valence-electron chi connectivity index (χ2n) is 10.5. The molecule has 9 heteroatoms. The van der Waals surface area contributed by atoms with Gasteiger partial charge in [0.25, 0.3) is 0 Å². The largest absolute Gasteiger partial charge is 0.357 e. The van der Waals surface area contributed by atoms with E-state index in [1.165, 1.54) is 11.9 Å². The predicted octanol–water partition coefficient (Wildman–Crippen LogP) is 4.79. The number of rotatable bonds is 10. The lowest BCUT2D eigenvalue weighted by molar-refractivity contribution is -0.139. The number of carbonyl (C=O) groups is 2. The maximum Gasteiger partial charge on any atom is 0.244 e. The van der Waals surface area contributed by atoms with Gasteiger partial charge >= 0.3 is 0 Å². The number of hydrogen-bond donors (Lipinski definition) is 1. The summed E-state index contributed by atoms with van der Waals surface area (Å²) in [6.45, 7) is 5.82. The SMILES string of the molecule is CNC(=O)C(Cc1ccccc1)N(Cc1cccc(Cl)c1)C(=O)CN(c1ccc(C(C)(C)C)cc1)S(C)(=O)=O. The number of amides is 2. The number of nitrogens with one attached hydrogen (secondary N) is 1. The van der Waals surface area contributed by atoms with Crippen molar-refractivity contribution in [3.05, 3.63) is 101 Å². The molecule has 1 N–H and O–H groups in total. The van der Waals surface area contributed by atoms with Gasteiger partial charge in [-0.05, 0) is 46.4 Å². The van der Waals surface area contributed by atoms with E-state index in [9.17, 15) is 18.0 Å². The van der Waals surface area contributed by atoms with E-state index in [0.29, 0.717) is 10.7 Å². The van der Waals surface area contributed by atoms with Crippen LogP contribution in [0.4, 0.5) is 5.69 Å². The van der Waals surface area contributed by atoms with Crippen LogP contribution < -0.4 is 9.62 Å². The van der Waals surface area contributed by atoms with Crippen molar-refractivity contribution < 1.29 is 18.0 Å². The molecule has 0 heterocycles. The predicted molar refractivity (Wildman–Crippen MR) is 157 cm³/mol. The summed E-state index contributed by atoms with van der Waals surface area (Å²) in [5.41, 5.74) is 2.89. The summed E-state index contributed by atoms with van der Waals surface area (Å²) in [6.07, 6.45) is 1.32. The van der Waals surface area contributed by atoms with E-state index >= 15 is 0 Å². The van der Waals surface area contributed by atoms with E-state index in [1.807, 2.05) is 48.5 Å². The first-order valence-corrected chi connectivity index (χ1v) is 14.9. The summed E-state index contributed by atoms with van der Waals surface area (Å²) in [4.78, 5) is 28.5. The fourth-order valence-electron chi connectivity index (χ4n) is 4.29. The van der Waals surface area contributed by atoms with Crippen molar-refractivity contribution >= 4 is 39.1 Å². The quantitative estimate of drug-likeness (QED) is 0.380. The van der Waals surface area contributed by atoms with Gasteiger partial charge in [-0.2, -0.15) is 0 Å². The minimum Gasteiger partial charge on any atom is -0.357 e. The Morgan fingerprint density at radius 3 is 2.08 bits per heavy atom. The average molecular weight is 570 g/mol. The monoisotopic (exact) mass is 569 g/mol. The summed E-state index contributed by atoms with van der Waals surface area (Å²) in [6, 6.07) is 22.7. The van der Waals surface area contributed by atoms with E-state index < -0.39 is 28.5 Å². The highest BCUT2D eigenvalue weighted by Crippen LogP contribution is 2.26. The summed E-state index contributed by atoms with van der Waals surface area (Å²) < 4.78 is 26.8. The van der Waals surface area contributed by atoms with Crippen LogP contribution in [0.1, 0.15) is 37.5 Å². The van der Waals surface area contributed by atoms with Crippen molar-refractivity contribution in [1.29, 1.82) is 0 Å². The zero-order valence-corrected chi connectivity index (χ0v) is 24.6. The van der Waals surface area contributed by atoms with Crippen LogP contribution in [0.2, 0.25) is 5.02 Å².